The van der Waals surface area contributed by atoms with E-state index in [1.54, 1.807) is 0 Å². The van der Waals surface area contributed by atoms with Crippen molar-refractivity contribution in [1.29, 1.82) is 0 Å². The van der Waals surface area contributed by atoms with E-state index in [-0.39, 0.29) is 18.7 Å². The molecule has 0 aromatic heterocycles. The molecular weight excluding hydrogens is 198 g/mol. The number of benzene rings is 1. The average molecular weight is 221 g/mol. The maximum atomic E-state index is 8.98. The Bertz CT molecular complexity index is 294. The van der Waals surface area contributed by atoms with Gasteiger partial charge in [-0.25, -0.2) is 0 Å². The van der Waals surface area contributed by atoms with Gasteiger partial charge in [0, 0.05) is 12.1 Å². The summed E-state index contributed by atoms with van der Waals surface area (Å²) in [5.41, 5.74) is 2.67. The fourth-order valence-electron chi connectivity index (χ4n) is 1.84. The first-order valence-corrected chi connectivity index (χ1v) is 6.13. The molecule has 16 heavy (non-hydrogen) atoms. The minimum Gasteiger partial charge on any atom is -0.395 e. The van der Waals surface area contributed by atoms with Crippen LogP contribution in [-0.2, 0) is 6.42 Å². The van der Waals surface area contributed by atoms with Crippen LogP contribution in [0.1, 0.15) is 44.4 Å². The molecular formula is C14H23NO. The van der Waals surface area contributed by atoms with Gasteiger partial charge in [-0.3, -0.25) is 0 Å². The lowest BCUT2D eigenvalue weighted by Gasteiger charge is -2.18. The molecule has 0 aliphatic carbocycles. The lowest BCUT2D eigenvalue weighted by molar-refractivity contribution is 0.243. The summed E-state index contributed by atoms with van der Waals surface area (Å²) in [6.07, 6.45) is 2.34. The molecule has 2 atom stereocenters. The molecule has 1 rings (SSSR count). The molecule has 2 nitrogen and oxygen atoms in total. The van der Waals surface area contributed by atoms with E-state index in [0.717, 1.165) is 6.42 Å². The normalized spacial score (nSPS) is 14.8. The van der Waals surface area contributed by atoms with Crippen molar-refractivity contribution >= 4 is 0 Å². The third-order valence-corrected chi connectivity index (χ3v) is 2.83. The average Bonchev–Trinajstić information content (AvgIpc) is 2.30. The van der Waals surface area contributed by atoms with E-state index in [1.807, 2.05) is 6.92 Å². The molecule has 0 aliphatic heterocycles. The van der Waals surface area contributed by atoms with E-state index in [2.05, 4.69) is 43.4 Å². The molecule has 0 saturated carbocycles. The number of nitrogens with one attached hydrogen (secondary N) is 1. The molecule has 0 amide bonds. The Hall–Kier alpha value is -0.860. The summed E-state index contributed by atoms with van der Waals surface area (Å²) in [4.78, 5) is 0. The highest BCUT2D eigenvalue weighted by molar-refractivity contribution is 5.24. The van der Waals surface area contributed by atoms with Gasteiger partial charge in [-0.2, -0.15) is 0 Å². The third kappa shape index (κ3) is 3.95. The Labute approximate surface area is 98.7 Å². The van der Waals surface area contributed by atoms with Gasteiger partial charge in [-0.05, 0) is 31.4 Å². The van der Waals surface area contributed by atoms with E-state index >= 15 is 0 Å². The van der Waals surface area contributed by atoms with E-state index in [4.69, 9.17) is 5.11 Å². The number of hydrogen-bond donors (Lipinski definition) is 2. The fourth-order valence-corrected chi connectivity index (χ4v) is 1.84. The van der Waals surface area contributed by atoms with Gasteiger partial charge in [0.1, 0.15) is 0 Å². The molecule has 0 bridgehead atoms. The topological polar surface area (TPSA) is 32.3 Å². The SMILES string of the molecule is CCCc1ccc(C(C)NC(C)CO)cc1. The Morgan fingerprint density at radius 3 is 2.31 bits per heavy atom. The van der Waals surface area contributed by atoms with Gasteiger partial charge in [0.15, 0.2) is 0 Å². The monoisotopic (exact) mass is 221 g/mol. The van der Waals surface area contributed by atoms with E-state index in [1.165, 1.54) is 17.5 Å². The van der Waals surface area contributed by atoms with Crippen molar-refractivity contribution in [3.8, 4) is 0 Å². The predicted molar refractivity (Wildman–Crippen MR) is 68.5 cm³/mol. The Balaban J connectivity index is 2.59. The zero-order valence-corrected chi connectivity index (χ0v) is 10.5. The van der Waals surface area contributed by atoms with Crippen molar-refractivity contribution in [3.63, 3.8) is 0 Å². The summed E-state index contributed by atoms with van der Waals surface area (Å²) < 4.78 is 0. The second kappa shape index (κ2) is 6.66. The molecule has 2 N–H and O–H groups in total. The van der Waals surface area contributed by atoms with Crippen molar-refractivity contribution in [2.45, 2.75) is 45.7 Å². The van der Waals surface area contributed by atoms with E-state index < -0.39 is 0 Å². The standard InChI is InChI=1S/C14H23NO/c1-4-5-13-6-8-14(9-7-13)12(3)15-11(2)10-16/h6-9,11-12,15-16H,4-5,10H2,1-3H3. The van der Waals surface area contributed by atoms with Gasteiger partial charge < -0.3 is 10.4 Å². The molecule has 0 saturated heterocycles. The third-order valence-electron chi connectivity index (χ3n) is 2.83. The Morgan fingerprint density at radius 1 is 1.19 bits per heavy atom. The number of aliphatic hydroxyl groups is 1. The van der Waals surface area contributed by atoms with Gasteiger partial charge in [-0.15, -0.1) is 0 Å². The minimum atomic E-state index is 0.144. The summed E-state index contributed by atoms with van der Waals surface area (Å²) in [5.74, 6) is 0. The zero-order chi connectivity index (χ0) is 12.0. The first kappa shape index (κ1) is 13.2. The van der Waals surface area contributed by atoms with Crippen LogP contribution < -0.4 is 5.32 Å². The predicted octanol–water partition coefficient (Wildman–Crippen LogP) is 2.67. The van der Waals surface area contributed by atoms with Gasteiger partial charge in [-0.1, -0.05) is 37.6 Å². The van der Waals surface area contributed by atoms with Crippen LogP contribution in [0.4, 0.5) is 0 Å². The van der Waals surface area contributed by atoms with Crippen LogP contribution in [0.3, 0.4) is 0 Å². The largest absolute Gasteiger partial charge is 0.395 e. The molecule has 1 aromatic carbocycles. The lowest BCUT2D eigenvalue weighted by atomic mass is 10.0. The molecule has 90 valence electrons. The van der Waals surface area contributed by atoms with E-state index in [0.29, 0.717) is 0 Å². The van der Waals surface area contributed by atoms with Crippen LogP contribution in [0.2, 0.25) is 0 Å². The van der Waals surface area contributed by atoms with Crippen molar-refractivity contribution in [3.05, 3.63) is 35.4 Å². The van der Waals surface area contributed by atoms with Crippen LogP contribution in [-0.4, -0.2) is 17.8 Å². The van der Waals surface area contributed by atoms with Crippen LogP contribution in [0.25, 0.3) is 0 Å². The Kier molecular flexibility index (Phi) is 5.50. The molecule has 0 radical (unpaired) electrons. The van der Waals surface area contributed by atoms with Crippen LogP contribution in [0.5, 0.6) is 0 Å². The molecule has 0 fully saturated rings. The fraction of sp³-hybridized carbons (Fsp3) is 0.571. The molecule has 0 aliphatic rings. The minimum absolute atomic E-state index is 0.144. The van der Waals surface area contributed by atoms with Gasteiger partial charge in [0.05, 0.1) is 6.61 Å². The highest BCUT2D eigenvalue weighted by Gasteiger charge is 2.08. The molecule has 2 heteroatoms. The number of aliphatic hydroxyl groups excluding tert-OH is 1. The molecule has 0 heterocycles. The zero-order valence-electron chi connectivity index (χ0n) is 10.5. The maximum Gasteiger partial charge on any atom is 0.0582 e. The summed E-state index contributed by atoms with van der Waals surface area (Å²) in [5, 5.41) is 12.3. The summed E-state index contributed by atoms with van der Waals surface area (Å²) >= 11 is 0. The maximum absolute atomic E-state index is 8.98. The van der Waals surface area contributed by atoms with Crippen LogP contribution >= 0.6 is 0 Å². The first-order valence-electron chi connectivity index (χ1n) is 6.13. The first-order chi connectivity index (χ1) is 7.67. The van der Waals surface area contributed by atoms with Crippen molar-refractivity contribution < 1.29 is 5.11 Å². The van der Waals surface area contributed by atoms with Crippen LogP contribution in [0, 0.1) is 0 Å². The number of rotatable bonds is 6. The highest BCUT2D eigenvalue weighted by Crippen LogP contribution is 2.14. The summed E-state index contributed by atoms with van der Waals surface area (Å²) in [7, 11) is 0. The van der Waals surface area contributed by atoms with Gasteiger partial charge in [0.25, 0.3) is 0 Å². The second-order valence-electron chi connectivity index (χ2n) is 4.46. The second-order valence-corrected chi connectivity index (χ2v) is 4.46. The molecule has 2 unspecified atom stereocenters. The Morgan fingerprint density at radius 2 is 1.81 bits per heavy atom. The van der Waals surface area contributed by atoms with Crippen LogP contribution in [0.15, 0.2) is 24.3 Å². The quantitative estimate of drug-likeness (QED) is 0.774. The van der Waals surface area contributed by atoms with Crippen molar-refractivity contribution in [2.75, 3.05) is 6.61 Å². The van der Waals surface area contributed by atoms with Gasteiger partial charge >= 0.3 is 0 Å². The molecule has 0 spiro atoms. The number of aryl methyl sites for hydroxylation is 1. The smallest absolute Gasteiger partial charge is 0.0582 e. The highest BCUT2D eigenvalue weighted by atomic mass is 16.3. The number of hydrogen-bond acceptors (Lipinski definition) is 2. The van der Waals surface area contributed by atoms with Crippen molar-refractivity contribution in [2.24, 2.45) is 0 Å². The molecule has 1 aromatic rings. The van der Waals surface area contributed by atoms with Gasteiger partial charge in [0.2, 0.25) is 0 Å². The lowest BCUT2D eigenvalue weighted by Crippen LogP contribution is -2.31. The van der Waals surface area contributed by atoms with Crippen molar-refractivity contribution in [1.82, 2.24) is 5.32 Å². The summed E-state index contributed by atoms with van der Waals surface area (Å²) in [6, 6.07) is 9.17. The van der Waals surface area contributed by atoms with E-state index in [9.17, 15) is 0 Å². The summed E-state index contributed by atoms with van der Waals surface area (Å²) in [6.45, 7) is 6.49.